The van der Waals surface area contributed by atoms with Gasteiger partial charge in [-0.2, -0.15) is 23.1 Å². The first-order valence-corrected chi connectivity index (χ1v) is 11.4. The number of nitrogens with zero attached hydrogens (tertiary/aromatic N) is 4. The summed E-state index contributed by atoms with van der Waals surface area (Å²) in [5, 5.41) is 8.76. The second kappa shape index (κ2) is 11.4. The Morgan fingerprint density at radius 1 is 0.794 bits per heavy atom. The summed E-state index contributed by atoms with van der Waals surface area (Å²) >= 11 is 11.1. The van der Waals surface area contributed by atoms with Crippen LogP contribution in [0.15, 0.2) is 41.3 Å². The molecule has 16 heteroatoms. The summed E-state index contributed by atoms with van der Waals surface area (Å²) in [5.41, 5.74) is -1.06. The van der Waals surface area contributed by atoms with E-state index in [0.29, 0.717) is 28.1 Å². The SMILES string of the molecule is CNc1cc(NS(=O)(=O)c2cccc(C(F)(F)F)c2)nc(NC)n1.CNc1nc(Cl)cc(Cl)n1. The Bertz CT molecular complexity index is 1200. The van der Waals surface area contributed by atoms with Crippen molar-refractivity contribution in [2.24, 2.45) is 0 Å². The van der Waals surface area contributed by atoms with E-state index in [1.807, 2.05) is 0 Å². The Morgan fingerprint density at radius 3 is 1.88 bits per heavy atom. The van der Waals surface area contributed by atoms with Crippen LogP contribution in [0.25, 0.3) is 0 Å². The van der Waals surface area contributed by atoms with Gasteiger partial charge in [0.2, 0.25) is 11.9 Å². The van der Waals surface area contributed by atoms with Crippen molar-refractivity contribution in [3.05, 3.63) is 52.3 Å². The average molecular weight is 539 g/mol. The number of hydrogen-bond acceptors (Lipinski definition) is 9. The van der Waals surface area contributed by atoms with Crippen molar-refractivity contribution in [3.8, 4) is 0 Å². The Kier molecular flexibility index (Phi) is 9.06. The lowest BCUT2D eigenvalue weighted by atomic mass is 10.2. The highest BCUT2D eigenvalue weighted by atomic mass is 35.5. The summed E-state index contributed by atoms with van der Waals surface area (Å²) in [7, 11) is 0.572. The molecule has 3 rings (SSSR count). The lowest BCUT2D eigenvalue weighted by Crippen LogP contribution is -2.16. The molecule has 184 valence electrons. The zero-order chi connectivity index (χ0) is 25.5. The molecule has 0 radical (unpaired) electrons. The van der Waals surface area contributed by atoms with Crippen LogP contribution in [-0.4, -0.2) is 49.5 Å². The van der Waals surface area contributed by atoms with Crippen LogP contribution in [0.4, 0.5) is 36.7 Å². The molecule has 2 heterocycles. The van der Waals surface area contributed by atoms with Crippen LogP contribution in [0.2, 0.25) is 10.3 Å². The molecule has 0 aliphatic carbocycles. The summed E-state index contributed by atoms with van der Waals surface area (Å²) in [4.78, 5) is 15.0. The maximum absolute atomic E-state index is 12.7. The Hall–Kier alpha value is -3.10. The minimum atomic E-state index is -4.64. The van der Waals surface area contributed by atoms with Crippen LogP contribution in [0, 0.1) is 0 Å². The van der Waals surface area contributed by atoms with Gasteiger partial charge in [-0.25, -0.2) is 18.4 Å². The van der Waals surface area contributed by atoms with Gasteiger partial charge in [-0.05, 0) is 18.2 Å². The number of aromatic nitrogens is 4. The van der Waals surface area contributed by atoms with Gasteiger partial charge in [-0.15, -0.1) is 0 Å². The van der Waals surface area contributed by atoms with E-state index < -0.39 is 26.7 Å². The zero-order valence-corrected chi connectivity index (χ0v) is 20.2. The highest BCUT2D eigenvalue weighted by Gasteiger charge is 2.31. The van der Waals surface area contributed by atoms with E-state index >= 15 is 0 Å². The van der Waals surface area contributed by atoms with Crippen LogP contribution in [0.3, 0.4) is 0 Å². The first-order valence-electron chi connectivity index (χ1n) is 9.20. The van der Waals surface area contributed by atoms with Crippen LogP contribution in [0.1, 0.15) is 5.56 Å². The fourth-order valence-corrected chi connectivity index (χ4v) is 3.74. The number of nitrogens with one attached hydrogen (secondary N) is 4. The Balaban J connectivity index is 0.000000340. The summed E-state index contributed by atoms with van der Waals surface area (Å²) in [6.07, 6.45) is -4.64. The van der Waals surface area contributed by atoms with E-state index in [0.717, 1.165) is 18.2 Å². The molecule has 0 saturated carbocycles. The van der Waals surface area contributed by atoms with Crippen LogP contribution >= 0.6 is 23.2 Å². The van der Waals surface area contributed by atoms with Gasteiger partial charge in [0.1, 0.15) is 21.9 Å². The summed E-state index contributed by atoms with van der Waals surface area (Å²) < 4.78 is 64.9. The molecule has 0 saturated heterocycles. The molecular weight excluding hydrogens is 520 g/mol. The van der Waals surface area contributed by atoms with Crippen LogP contribution in [-0.2, 0) is 16.2 Å². The third-order valence-electron chi connectivity index (χ3n) is 3.80. The first kappa shape index (κ1) is 27.1. The number of anilines is 4. The van der Waals surface area contributed by atoms with Crippen LogP contribution in [0.5, 0.6) is 0 Å². The number of hydrogen-bond donors (Lipinski definition) is 4. The fourth-order valence-electron chi connectivity index (χ4n) is 2.28. The summed E-state index contributed by atoms with van der Waals surface area (Å²) in [6.45, 7) is 0. The van der Waals surface area contributed by atoms with Gasteiger partial charge in [0.25, 0.3) is 10.0 Å². The Morgan fingerprint density at radius 2 is 1.35 bits per heavy atom. The minimum Gasteiger partial charge on any atom is -0.373 e. The normalized spacial score (nSPS) is 11.2. The number of sulfonamides is 1. The van der Waals surface area contributed by atoms with E-state index in [1.54, 1.807) is 21.1 Å². The molecule has 0 aliphatic rings. The van der Waals surface area contributed by atoms with Gasteiger partial charge >= 0.3 is 6.18 Å². The van der Waals surface area contributed by atoms with Crippen molar-refractivity contribution in [2.45, 2.75) is 11.1 Å². The molecular formula is C18H19Cl2F3N8O2S. The molecule has 2 aromatic heterocycles. The fraction of sp³-hybridized carbons (Fsp3) is 0.222. The van der Waals surface area contributed by atoms with Crippen molar-refractivity contribution in [1.29, 1.82) is 0 Å². The lowest BCUT2D eigenvalue weighted by molar-refractivity contribution is -0.137. The van der Waals surface area contributed by atoms with E-state index in [9.17, 15) is 21.6 Å². The lowest BCUT2D eigenvalue weighted by Gasteiger charge is -2.12. The molecule has 0 spiro atoms. The standard InChI is InChI=1S/C13H14F3N5O2S.C5H5Cl2N3/c1-17-10-7-11(20-12(18-2)19-10)21-24(22,23)9-5-3-4-8(6-9)13(14,15)16;1-8-5-9-3(6)2-4(7)10-5/h3-7H,1-2H3,(H3,17,18,19,20,21);2H,1H3,(H,8,9,10). The largest absolute Gasteiger partial charge is 0.416 e. The van der Waals surface area contributed by atoms with E-state index in [2.05, 4.69) is 40.6 Å². The first-order chi connectivity index (χ1) is 15.9. The molecule has 0 unspecified atom stereocenters. The van der Waals surface area contributed by atoms with E-state index in [4.69, 9.17) is 23.2 Å². The van der Waals surface area contributed by atoms with E-state index in [-0.39, 0.29) is 11.8 Å². The maximum Gasteiger partial charge on any atom is 0.416 e. The number of benzene rings is 1. The van der Waals surface area contributed by atoms with Gasteiger partial charge in [-0.1, -0.05) is 29.3 Å². The maximum atomic E-state index is 12.7. The molecule has 0 atom stereocenters. The number of alkyl halides is 3. The molecule has 34 heavy (non-hydrogen) atoms. The second-order valence-electron chi connectivity index (χ2n) is 6.18. The molecule has 0 fully saturated rings. The Labute approximate surface area is 203 Å². The number of rotatable bonds is 6. The van der Waals surface area contributed by atoms with Gasteiger partial charge in [0, 0.05) is 33.3 Å². The van der Waals surface area contributed by atoms with Gasteiger partial charge in [0.05, 0.1) is 10.5 Å². The van der Waals surface area contributed by atoms with E-state index in [1.165, 1.54) is 12.1 Å². The average Bonchev–Trinajstić information content (AvgIpc) is 2.77. The summed E-state index contributed by atoms with van der Waals surface area (Å²) in [6, 6.07) is 6.23. The molecule has 4 N–H and O–H groups in total. The molecule has 0 amide bonds. The number of halogens is 5. The van der Waals surface area contributed by atoms with Crippen molar-refractivity contribution in [3.63, 3.8) is 0 Å². The zero-order valence-electron chi connectivity index (χ0n) is 17.9. The smallest absolute Gasteiger partial charge is 0.373 e. The van der Waals surface area contributed by atoms with Crippen LogP contribution < -0.4 is 20.7 Å². The third kappa shape index (κ3) is 7.74. The third-order valence-corrected chi connectivity index (χ3v) is 5.54. The highest BCUT2D eigenvalue weighted by Crippen LogP contribution is 2.31. The predicted molar refractivity (Wildman–Crippen MR) is 125 cm³/mol. The van der Waals surface area contributed by atoms with Gasteiger partial charge in [-0.3, -0.25) is 4.72 Å². The molecule has 10 nitrogen and oxygen atoms in total. The summed E-state index contributed by atoms with van der Waals surface area (Å²) in [5.74, 6) is 0.813. The van der Waals surface area contributed by atoms with Gasteiger partial charge < -0.3 is 16.0 Å². The predicted octanol–water partition coefficient (Wildman–Crippen LogP) is 4.20. The molecule has 3 aromatic rings. The second-order valence-corrected chi connectivity index (χ2v) is 8.64. The monoisotopic (exact) mass is 538 g/mol. The molecule has 0 aliphatic heterocycles. The quantitative estimate of drug-likeness (QED) is 0.340. The van der Waals surface area contributed by atoms with Gasteiger partial charge in [0.15, 0.2) is 0 Å². The van der Waals surface area contributed by atoms with Crippen molar-refractivity contribution >= 4 is 56.8 Å². The molecule has 0 bridgehead atoms. The molecule has 1 aromatic carbocycles. The van der Waals surface area contributed by atoms with Crippen molar-refractivity contribution in [1.82, 2.24) is 19.9 Å². The minimum absolute atomic E-state index is 0.0869. The van der Waals surface area contributed by atoms with Crippen molar-refractivity contribution in [2.75, 3.05) is 41.8 Å². The van der Waals surface area contributed by atoms with Crippen molar-refractivity contribution < 1.29 is 21.6 Å². The highest BCUT2D eigenvalue weighted by molar-refractivity contribution is 7.92. The topological polar surface area (TPSA) is 134 Å².